The SMILES string of the molecule is C/C=C\C=C(/CC)Cn1c(=O)[nH]sc1=O. The Morgan fingerprint density at radius 2 is 2.27 bits per heavy atom. The maximum atomic E-state index is 11.3. The Morgan fingerprint density at radius 1 is 1.53 bits per heavy atom. The zero-order valence-electron chi connectivity index (χ0n) is 8.82. The Kier molecular flexibility index (Phi) is 4.30. The van der Waals surface area contributed by atoms with E-state index in [0.717, 1.165) is 23.5 Å². The summed E-state index contributed by atoms with van der Waals surface area (Å²) in [6, 6.07) is 0. The summed E-state index contributed by atoms with van der Waals surface area (Å²) in [6.07, 6.45) is 6.58. The Labute approximate surface area is 91.7 Å². The van der Waals surface area contributed by atoms with Gasteiger partial charge in [-0.15, -0.1) is 0 Å². The molecule has 0 saturated heterocycles. The molecule has 0 saturated carbocycles. The fourth-order valence-corrected chi connectivity index (χ4v) is 1.68. The molecule has 15 heavy (non-hydrogen) atoms. The van der Waals surface area contributed by atoms with Crippen LogP contribution >= 0.6 is 11.5 Å². The van der Waals surface area contributed by atoms with Gasteiger partial charge in [0.2, 0.25) is 0 Å². The van der Waals surface area contributed by atoms with Crippen LogP contribution in [0.5, 0.6) is 0 Å². The van der Waals surface area contributed by atoms with Crippen LogP contribution in [0, 0.1) is 0 Å². The molecule has 0 radical (unpaired) electrons. The molecule has 4 nitrogen and oxygen atoms in total. The lowest BCUT2D eigenvalue weighted by Crippen LogP contribution is -2.26. The molecule has 0 atom stereocenters. The van der Waals surface area contributed by atoms with E-state index in [1.165, 1.54) is 4.57 Å². The Balaban J connectivity index is 2.94. The van der Waals surface area contributed by atoms with Crippen LogP contribution in [0.1, 0.15) is 20.3 Å². The third-order valence-corrected chi connectivity index (χ3v) is 2.70. The van der Waals surface area contributed by atoms with Gasteiger partial charge in [0.1, 0.15) is 0 Å². The van der Waals surface area contributed by atoms with E-state index < -0.39 is 0 Å². The minimum atomic E-state index is -0.329. The van der Waals surface area contributed by atoms with E-state index in [0.29, 0.717) is 6.54 Å². The van der Waals surface area contributed by atoms with Crippen molar-refractivity contribution in [3.63, 3.8) is 0 Å². The molecule has 0 aliphatic heterocycles. The monoisotopic (exact) mass is 226 g/mol. The van der Waals surface area contributed by atoms with Crippen LogP contribution < -0.4 is 10.6 Å². The number of hydrogen-bond donors (Lipinski definition) is 1. The largest absolute Gasteiger partial charge is 0.338 e. The summed E-state index contributed by atoms with van der Waals surface area (Å²) in [7, 11) is 0. The molecular weight excluding hydrogens is 212 g/mol. The van der Waals surface area contributed by atoms with E-state index in [2.05, 4.69) is 4.37 Å². The van der Waals surface area contributed by atoms with Crippen molar-refractivity contribution in [3.05, 3.63) is 44.0 Å². The van der Waals surface area contributed by atoms with Crippen LogP contribution in [0.3, 0.4) is 0 Å². The lowest BCUT2D eigenvalue weighted by atomic mass is 10.2. The maximum absolute atomic E-state index is 11.3. The predicted molar refractivity (Wildman–Crippen MR) is 62.4 cm³/mol. The third kappa shape index (κ3) is 3.06. The Hall–Kier alpha value is -1.36. The fourth-order valence-electron chi connectivity index (χ4n) is 1.13. The quantitative estimate of drug-likeness (QED) is 0.791. The van der Waals surface area contributed by atoms with Gasteiger partial charge in [-0.25, -0.2) is 9.36 Å². The van der Waals surface area contributed by atoms with Crippen LogP contribution in [0.25, 0.3) is 0 Å². The molecule has 0 unspecified atom stereocenters. The summed E-state index contributed by atoms with van der Waals surface area (Å²) in [4.78, 5) is 22.3. The highest BCUT2D eigenvalue weighted by atomic mass is 32.1. The summed E-state index contributed by atoms with van der Waals surface area (Å²) < 4.78 is 3.63. The number of H-pyrrole nitrogens is 1. The van der Waals surface area contributed by atoms with E-state index in [9.17, 15) is 9.59 Å². The van der Waals surface area contributed by atoms with Gasteiger partial charge >= 0.3 is 10.6 Å². The molecule has 1 rings (SSSR count). The van der Waals surface area contributed by atoms with Gasteiger partial charge in [0.15, 0.2) is 0 Å². The van der Waals surface area contributed by atoms with E-state index in [1.54, 1.807) is 0 Å². The van der Waals surface area contributed by atoms with Gasteiger partial charge in [-0.3, -0.25) is 9.17 Å². The molecule has 0 fully saturated rings. The van der Waals surface area contributed by atoms with Crippen molar-refractivity contribution in [2.75, 3.05) is 0 Å². The number of aromatic nitrogens is 2. The first-order chi connectivity index (χ1) is 7.19. The number of hydrogen-bond acceptors (Lipinski definition) is 3. The van der Waals surface area contributed by atoms with E-state index in [4.69, 9.17) is 0 Å². The Bertz CT molecular complexity index is 449. The average molecular weight is 226 g/mol. The van der Waals surface area contributed by atoms with Gasteiger partial charge in [0.25, 0.3) is 0 Å². The number of nitrogens with one attached hydrogen (secondary N) is 1. The third-order valence-electron chi connectivity index (χ3n) is 2.03. The number of allylic oxidation sites excluding steroid dienone is 4. The molecular formula is C10H14N2O2S. The minimum Gasteiger partial charge on any atom is -0.258 e. The number of aromatic amines is 1. The minimum absolute atomic E-state index is 0.236. The summed E-state index contributed by atoms with van der Waals surface area (Å²) in [5, 5.41) is 0. The van der Waals surface area contributed by atoms with Crippen LogP contribution in [-0.2, 0) is 6.54 Å². The molecule has 1 aromatic heterocycles. The van der Waals surface area contributed by atoms with Crippen LogP contribution in [0.4, 0.5) is 0 Å². The highest BCUT2D eigenvalue weighted by Crippen LogP contribution is 2.02. The predicted octanol–water partition coefficient (Wildman–Crippen LogP) is 1.51. The maximum Gasteiger partial charge on any atom is 0.338 e. The summed E-state index contributed by atoms with van der Waals surface area (Å²) in [5.41, 5.74) is 0.726. The molecule has 0 aliphatic rings. The molecule has 0 amide bonds. The number of nitrogens with zero attached hydrogens (tertiary/aromatic N) is 1. The first-order valence-corrected chi connectivity index (χ1v) is 5.59. The van der Waals surface area contributed by atoms with Crippen molar-refractivity contribution in [1.82, 2.24) is 8.94 Å². The first-order valence-electron chi connectivity index (χ1n) is 4.78. The summed E-state index contributed by atoms with van der Waals surface area (Å²) >= 11 is 0.832. The molecule has 82 valence electrons. The molecule has 1 aromatic rings. The van der Waals surface area contributed by atoms with Crippen LogP contribution in [0.15, 0.2) is 33.4 Å². The molecule has 5 heteroatoms. The van der Waals surface area contributed by atoms with Crippen molar-refractivity contribution in [2.45, 2.75) is 26.8 Å². The molecule has 0 aliphatic carbocycles. The molecule has 0 bridgehead atoms. The highest BCUT2D eigenvalue weighted by Gasteiger charge is 2.04. The van der Waals surface area contributed by atoms with E-state index in [-0.39, 0.29) is 10.6 Å². The van der Waals surface area contributed by atoms with Crippen molar-refractivity contribution < 1.29 is 0 Å². The zero-order chi connectivity index (χ0) is 11.3. The second-order valence-corrected chi connectivity index (χ2v) is 3.82. The second-order valence-electron chi connectivity index (χ2n) is 3.07. The molecule has 0 aromatic carbocycles. The smallest absolute Gasteiger partial charge is 0.258 e. The van der Waals surface area contributed by atoms with Crippen LogP contribution in [-0.4, -0.2) is 8.94 Å². The van der Waals surface area contributed by atoms with Gasteiger partial charge in [-0.05, 0) is 13.3 Å². The van der Waals surface area contributed by atoms with Gasteiger partial charge in [0.05, 0.1) is 6.54 Å². The van der Waals surface area contributed by atoms with Crippen molar-refractivity contribution in [2.24, 2.45) is 0 Å². The lowest BCUT2D eigenvalue weighted by molar-refractivity contribution is 0.708. The Morgan fingerprint density at radius 3 is 2.73 bits per heavy atom. The number of rotatable bonds is 4. The molecule has 1 heterocycles. The van der Waals surface area contributed by atoms with E-state index in [1.807, 2.05) is 32.1 Å². The van der Waals surface area contributed by atoms with Gasteiger partial charge in [0, 0.05) is 11.5 Å². The van der Waals surface area contributed by atoms with Gasteiger partial charge in [-0.2, -0.15) is 0 Å². The standard InChI is InChI=1S/C10H14N2O2S/c1-3-5-6-8(4-2)7-12-9(13)11-15-10(12)14/h3,5-6H,4,7H2,1-2H3,(H,11,13)/b5-3-,8-6+. The highest BCUT2D eigenvalue weighted by molar-refractivity contribution is 7.02. The lowest BCUT2D eigenvalue weighted by Gasteiger charge is -2.01. The van der Waals surface area contributed by atoms with Gasteiger partial charge in [-0.1, -0.05) is 30.7 Å². The normalized spacial score (nSPS) is 12.5. The molecule has 1 N–H and O–H groups in total. The summed E-state index contributed by atoms with van der Waals surface area (Å²) in [6.45, 7) is 4.30. The van der Waals surface area contributed by atoms with Crippen molar-refractivity contribution in [3.8, 4) is 0 Å². The first kappa shape index (κ1) is 11.7. The summed E-state index contributed by atoms with van der Waals surface area (Å²) in [5.74, 6) is 0. The van der Waals surface area contributed by atoms with Crippen molar-refractivity contribution >= 4 is 11.5 Å². The van der Waals surface area contributed by atoms with Gasteiger partial charge < -0.3 is 0 Å². The average Bonchev–Trinajstić information content (AvgIpc) is 2.55. The van der Waals surface area contributed by atoms with E-state index >= 15 is 0 Å². The molecule has 0 spiro atoms. The topological polar surface area (TPSA) is 54.9 Å². The second kappa shape index (κ2) is 5.50. The van der Waals surface area contributed by atoms with Crippen LogP contribution in [0.2, 0.25) is 0 Å². The van der Waals surface area contributed by atoms with Crippen molar-refractivity contribution in [1.29, 1.82) is 0 Å². The fraction of sp³-hybridized carbons (Fsp3) is 0.400. The zero-order valence-corrected chi connectivity index (χ0v) is 9.63.